The number of carbonyl (C=O) groups is 1. The van der Waals surface area contributed by atoms with E-state index in [2.05, 4.69) is 36.5 Å². The second kappa shape index (κ2) is 9.00. The Morgan fingerprint density at radius 2 is 2.06 bits per heavy atom. The lowest BCUT2D eigenvalue weighted by Gasteiger charge is -2.05. The van der Waals surface area contributed by atoms with Crippen molar-refractivity contribution in [3.8, 4) is 0 Å². The number of carbonyl (C=O) groups excluding carboxylic acids is 1. The number of ether oxygens (including phenoxy) is 1. The summed E-state index contributed by atoms with van der Waals surface area (Å²) in [5.74, 6) is 1.50. The lowest BCUT2D eigenvalue weighted by molar-refractivity contribution is -0.118. The van der Waals surface area contributed by atoms with Crippen LogP contribution in [0.25, 0.3) is 0 Å². The zero-order valence-electron chi connectivity index (χ0n) is 11.1. The summed E-state index contributed by atoms with van der Waals surface area (Å²) in [5, 5.41) is 2.87. The van der Waals surface area contributed by atoms with Crippen molar-refractivity contribution in [1.29, 1.82) is 0 Å². The molecule has 0 fully saturated rings. The molecule has 18 heavy (non-hydrogen) atoms. The summed E-state index contributed by atoms with van der Waals surface area (Å²) in [7, 11) is 1.67. The van der Waals surface area contributed by atoms with Crippen molar-refractivity contribution in [1.82, 2.24) is 5.32 Å². The summed E-state index contributed by atoms with van der Waals surface area (Å²) >= 11 is 1.64. The molecule has 3 nitrogen and oxygen atoms in total. The van der Waals surface area contributed by atoms with E-state index in [1.807, 2.05) is 0 Å². The van der Waals surface area contributed by atoms with Gasteiger partial charge in [0.1, 0.15) is 0 Å². The fraction of sp³-hybridized carbons (Fsp3) is 0.500. The van der Waals surface area contributed by atoms with E-state index < -0.39 is 0 Å². The Kier molecular flexibility index (Phi) is 7.53. The van der Waals surface area contributed by atoms with Crippen molar-refractivity contribution in [3.63, 3.8) is 0 Å². The van der Waals surface area contributed by atoms with Gasteiger partial charge >= 0.3 is 0 Å². The number of hydrogen-bond donors (Lipinski definition) is 1. The molecule has 1 N–H and O–H groups in total. The maximum atomic E-state index is 11.5. The average Bonchev–Trinajstić information content (AvgIpc) is 2.37. The molecular weight excluding hydrogens is 246 g/mol. The van der Waals surface area contributed by atoms with Gasteiger partial charge in [0.05, 0.1) is 5.75 Å². The summed E-state index contributed by atoms with van der Waals surface area (Å²) < 4.78 is 4.92. The molecule has 1 rings (SSSR count). The SMILES string of the molecule is COCCCNC(=O)CSCc1ccc(C)cc1. The van der Waals surface area contributed by atoms with E-state index in [1.165, 1.54) is 11.1 Å². The number of benzene rings is 1. The lowest BCUT2D eigenvalue weighted by atomic mass is 10.2. The maximum absolute atomic E-state index is 11.5. The Balaban J connectivity index is 2.10. The number of nitrogens with one attached hydrogen (secondary N) is 1. The number of methoxy groups -OCH3 is 1. The first-order valence-electron chi connectivity index (χ1n) is 6.11. The largest absolute Gasteiger partial charge is 0.385 e. The summed E-state index contributed by atoms with van der Waals surface area (Å²) in [5.41, 5.74) is 2.53. The Morgan fingerprint density at radius 1 is 1.33 bits per heavy atom. The van der Waals surface area contributed by atoms with Crippen molar-refractivity contribution in [3.05, 3.63) is 35.4 Å². The molecule has 100 valence electrons. The van der Waals surface area contributed by atoms with Crippen LogP contribution < -0.4 is 5.32 Å². The minimum Gasteiger partial charge on any atom is -0.385 e. The van der Waals surface area contributed by atoms with Crippen LogP contribution in [-0.2, 0) is 15.3 Å². The monoisotopic (exact) mass is 267 g/mol. The highest BCUT2D eigenvalue weighted by atomic mass is 32.2. The zero-order chi connectivity index (χ0) is 13.2. The Bertz CT molecular complexity index is 351. The fourth-order valence-electron chi connectivity index (χ4n) is 1.44. The van der Waals surface area contributed by atoms with E-state index >= 15 is 0 Å². The Labute approximate surface area is 113 Å². The molecule has 0 atom stereocenters. The molecule has 1 aromatic rings. The van der Waals surface area contributed by atoms with E-state index in [0.29, 0.717) is 18.9 Å². The third kappa shape index (κ3) is 6.67. The molecule has 0 unspecified atom stereocenters. The van der Waals surface area contributed by atoms with Gasteiger partial charge in [0.2, 0.25) is 5.91 Å². The Hall–Kier alpha value is -1.00. The molecule has 0 saturated heterocycles. The van der Waals surface area contributed by atoms with Crippen LogP contribution in [0.1, 0.15) is 17.5 Å². The fourth-order valence-corrected chi connectivity index (χ4v) is 2.26. The highest BCUT2D eigenvalue weighted by Crippen LogP contribution is 2.12. The van der Waals surface area contributed by atoms with Gasteiger partial charge in [0.15, 0.2) is 0 Å². The number of aryl methyl sites for hydroxylation is 1. The molecular formula is C14H21NO2S. The smallest absolute Gasteiger partial charge is 0.230 e. The standard InChI is InChI=1S/C14H21NO2S/c1-12-4-6-13(7-5-12)10-18-11-14(16)15-8-3-9-17-2/h4-7H,3,8-11H2,1-2H3,(H,15,16). The maximum Gasteiger partial charge on any atom is 0.230 e. The van der Waals surface area contributed by atoms with Gasteiger partial charge in [-0.15, -0.1) is 11.8 Å². The van der Waals surface area contributed by atoms with Gasteiger partial charge < -0.3 is 10.1 Å². The van der Waals surface area contributed by atoms with E-state index in [1.54, 1.807) is 18.9 Å². The molecule has 0 aromatic heterocycles. The van der Waals surface area contributed by atoms with Crippen molar-refractivity contribution in [2.45, 2.75) is 19.1 Å². The van der Waals surface area contributed by atoms with Crippen LogP contribution in [0.3, 0.4) is 0 Å². The molecule has 0 bridgehead atoms. The van der Waals surface area contributed by atoms with Gasteiger partial charge in [0, 0.05) is 26.0 Å². The molecule has 0 aliphatic rings. The van der Waals surface area contributed by atoms with Crippen LogP contribution in [0.5, 0.6) is 0 Å². The zero-order valence-corrected chi connectivity index (χ0v) is 11.9. The summed E-state index contributed by atoms with van der Waals surface area (Å²) in [6.45, 7) is 3.46. The van der Waals surface area contributed by atoms with Crippen LogP contribution in [0.4, 0.5) is 0 Å². The van der Waals surface area contributed by atoms with E-state index in [-0.39, 0.29) is 5.91 Å². The molecule has 0 radical (unpaired) electrons. The summed E-state index contributed by atoms with van der Waals surface area (Å²) in [6.07, 6.45) is 0.866. The molecule has 1 amide bonds. The number of thioether (sulfide) groups is 1. The van der Waals surface area contributed by atoms with Crippen molar-refractivity contribution >= 4 is 17.7 Å². The second-order valence-corrected chi connectivity index (χ2v) is 5.16. The van der Waals surface area contributed by atoms with Crippen LogP contribution in [0.15, 0.2) is 24.3 Å². The van der Waals surface area contributed by atoms with Gasteiger partial charge in [-0.1, -0.05) is 29.8 Å². The van der Waals surface area contributed by atoms with E-state index in [0.717, 1.165) is 12.2 Å². The normalized spacial score (nSPS) is 10.3. The lowest BCUT2D eigenvalue weighted by Crippen LogP contribution is -2.26. The van der Waals surface area contributed by atoms with Crippen LogP contribution in [0.2, 0.25) is 0 Å². The molecule has 4 heteroatoms. The van der Waals surface area contributed by atoms with Gasteiger partial charge in [-0.05, 0) is 18.9 Å². The molecule has 0 saturated carbocycles. The minimum absolute atomic E-state index is 0.100. The highest BCUT2D eigenvalue weighted by Gasteiger charge is 2.01. The van der Waals surface area contributed by atoms with Crippen molar-refractivity contribution < 1.29 is 9.53 Å². The van der Waals surface area contributed by atoms with Gasteiger partial charge in [-0.25, -0.2) is 0 Å². The van der Waals surface area contributed by atoms with Gasteiger partial charge in [-0.3, -0.25) is 4.79 Å². The highest BCUT2D eigenvalue weighted by molar-refractivity contribution is 7.99. The summed E-state index contributed by atoms with van der Waals surface area (Å²) in [4.78, 5) is 11.5. The van der Waals surface area contributed by atoms with Crippen LogP contribution in [-0.4, -0.2) is 31.9 Å². The van der Waals surface area contributed by atoms with E-state index in [4.69, 9.17) is 4.74 Å². The topological polar surface area (TPSA) is 38.3 Å². The van der Waals surface area contributed by atoms with Crippen molar-refractivity contribution in [2.24, 2.45) is 0 Å². The minimum atomic E-state index is 0.100. The molecule has 1 aromatic carbocycles. The van der Waals surface area contributed by atoms with E-state index in [9.17, 15) is 4.79 Å². The number of amides is 1. The first kappa shape index (κ1) is 15.1. The molecule has 0 aliphatic heterocycles. The first-order chi connectivity index (χ1) is 8.72. The summed E-state index contributed by atoms with van der Waals surface area (Å²) in [6, 6.07) is 8.42. The van der Waals surface area contributed by atoms with Gasteiger partial charge in [-0.2, -0.15) is 0 Å². The number of rotatable bonds is 8. The quantitative estimate of drug-likeness (QED) is 0.735. The third-order valence-corrected chi connectivity index (χ3v) is 3.47. The average molecular weight is 267 g/mol. The first-order valence-corrected chi connectivity index (χ1v) is 7.27. The third-order valence-electron chi connectivity index (χ3n) is 2.47. The molecule has 0 aliphatic carbocycles. The Morgan fingerprint density at radius 3 is 2.72 bits per heavy atom. The molecule has 0 spiro atoms. The van der Waals surface area contributed by atoms with Crippen molar-refractivity contribution in [2.75, 3.05) is 26.0 Å². The predicted octanol–water partition coefficient (Wildman–Crippen LogP) is 2.38. The predicted molar refractivity (Wildman–Crippen MR) is 76.8 cm³/mol. The van der Waals surface area contributed by atoms with Crippen LogP contribution >= 0.6 is 11.8 Å². The van der Waals surface area contributed by atoms with Gasteiger partial charge in [0.25, 0.3) is 0 Å². The number of hydrogen-bond acceptors (Lipinski definition) is 3. The van der Waals surface area contributed by atoms with Crippen LogP contribution in [0, 0.1) is 6.92 Å². The molecule has 0 heterocycles. The second-order valence-electron chi connectivity index (χ2n) is 4.17.